The van der Waals surface area contributed by atoms with Crippen LogP contribution in [-0.4, -0.2) is 50.5 Å². The highest BCUT2D eigenvalue weighted by molar-refractivity contribution is 5.95. The number of aliphatic carboxylic acids is 1. The molecular formula is C18H19N3O4. The van der Waals surface area contributed by atoms with Crippen LogP contribution in [0.1, 0.15) is 28.9 Å². The smallest absolute Gasteiger partial charge is 0.348 e. The van der Waals surface area contributed by atoms with Crippen LogP contribution >= 0.6 is 0 Å². The number of para-hydroxylation sites is 1. The molecule has 1 aromatic carbocycles. The lowest BCUT2D eigenvalue weighted by Gasteiger charge is -2.38. The van der Waals surface area contributed by atoms with Crippen LogP contribution in [0, 0.1) is 6.92 Å². The van der Waals surface area contributed by atoms with Gasteiger partial charge in [0.2, 0.25) is 5.60 Å². The van der Waals surface area contributed by atoms with Crippen molar-refractivity contribution in [2.75, 3.05) is 13.1 Å². The molecule has 1 aromatic heterocycles. The van der Waals surface area contributed by atoms with Crippen LogP contribution in [0.2, 0.25) is 0 Å². The second-order valence-corrected chi connectivity index (χ2v) is 6.03. The molecule has 1 aliphatic heterocycles. The minimum Gasteiger partial charge on any atom is -0.478 e. The number of carboxylic acid groups (broad SMARTS) is 1. The Morgan fingerprint density at radius 1 is 1.20 bits per heavy atom. The van der Waals surface area contributed by atoms with Gasteiger partial charge in [0.05, 0.1) is 11.3 Å². The molecule has 0 saturated carbocycles. The van der Waals surface area contributed by atoms with Gasteiger partial charge in [-0.05, 0) is 19.1 Å². The number of aryl methyl sites for hydroxylation is 1. The number of carboxylic acids is 1. The highest BCUT2D eigenvalue weighted by atomic mass is 16.5. The zero-order chi connectivity index (χ0) is 17.9. The van der Waals surface area contributed by atoms with E-state index in [2.05, 4.69) is 9.97 Å². The molecule has 1 aliphatic rings. The first-order chi connectivity index (χ1) is 12.0. The van der Waals surface area contributed by atoms with Crippen molar-refractivity contribution in [3.63, 3.8) is 0 Å². The molecule has 0 spiro atoms. The van der Waals surface area contributed by atoms with Crippen molar-refractivity contribution >= 4 is 11.9 Å². The zero-order valence-electron chi connectivity index (χ0n) is 13.9. The number of ether oxygens (including phenoxy) is 1. The van der Waals surface area contributed by atoms with Crippen LogP contribution < -0.4 is 4.74 Å². The third kappa shape index (κ3) is 3.45. The van der Waals surface area contributed by atoms with E-state index in [4.69, 9.17) is 4.74 Å². The van der Waals surface area contributed by atoms with E-state index in [1.807, 2.05) is 6.07 Å². The van der Waals surface area contributed by atoms with E-state index >= 15 is 0 Å². The first kappa shape index (κ1) is 16.9. The maximum atomic E-state index is 12.6. The number of carbonyl (C=O) groups is 2. The van der Waals surface area contributed by atoms with E-state index < -0.39 is 11.6 Å². The van der Waals surface area contributed by atoms with Gasteiger partial charge in [0, 0.05) is 32.1 Å². The van der Waals surface area contributed by atoms with Gasteiger partial charge in [-0.3, -0.25) is 4.79 Å². The Balaban J connectivity index is 1.73. The SMILES string of the molecule is Cc1ncncc1C(=O)N1CCC(Oc2ccccc2)(C(=O)O)CC1. The summed E-state index contributed by atoms with van der Waals surface area (Å²) in [5.41, 5.74) is -0.273. The lowest BCUT2D eigenvalue weighted by molar-refractivity contribution is -0.159. The third-order valence-electron chi connectivity index (χ3n) is 4.45. The van der Waals surface area contributed by atoms with Gasteiger partial charge in [-0.1, -0.05) is 18.2 Å². The van der Waals surface area contributed by atoms with Gasteiger partial charge in [0.15, 0.2) is 0 Å². The lowest BCUT2D eigenvalue weighted by atomic mass is 9.90. The molecule has 1 fully saturated rings. The van der Waals surface area contributed by atoms with Crippen molar-refractivity contribution in [1.29, 1.82) is 0 Å². The number of likely N-dealkylation sites (tertiary alicyclic amines) is 1. The summed E-state index contributed by atoms with van der Waals surface area (Å²) in [6, 6.07) is 8.88. The molecule has 1 amide bonds. The van der Waals surface area contributed by atoms with Crippen LogP contribution in [0.5, 0.6) is 5.75 Å². The van der Waals surface area contributed by atoms with Gasteiger partial charge in [0.1, 0.15) is 12.1 Å². The number of nitrogens with zero attached hydrogens (tertiary/aromatic N) is 3. The van der Waals surface area contributed by atoms with Crippen molar-refractivity contribution in [2.45, 2.75) is 25.4 Å². The lowest BCUT2D eigenvalue weighted by Crippen LogP contribution is -2.54. The molecule has 0 bridgehead atoms. The van der Waals surface area contributed by atoms with E-state index in [-0.39, 0.29) is 18.7 Å². The number of benzene rings is 1. The average Bonchev–Trinajstić information content (AvgIpc) is 2.63. The second kappa shape index (κ2) is 6.88. The van der Waals surface area contributed by atoms with Crippen molar-refractivity contribution < 1.29 is 19.4 Å². The first-order valence-electron chi connectivity index (χ1n) is 8.05. The number of hydrogen-bond acceptors (Lipinski definition) is 5. The minimum absolute atomic E-state index is 0.184. The summed E-state index contributed by atoms with van der Waals surface area (Å²) < 4.78 is 5.80. The standard InChI is InChI=1S/C18H19N3O4/c1-13-15(11-19-12-20-13)16(22)21-9-7-18(8-10-21,17(23)24)25-14-5-3-2-4-6-14/h2-6,11-12H,7-10H2,1H3,(H,23,24). The highest BCUT2D eigenvalue weighted by Crippen LogP contribution is 2.30. The fraction of sp³-hybridized carbons (Fsp3) is 0.333. The van der Waals surface area contributed by atoms with Crippen molar-refractivity contribution in [1.82, 2.24) is 14.9 Å². The molecule has 7 heteroatoms. The van der Waals surface area contributed by atoms with Crippen molar-refractivity contribution in [3.05, 3.63) is 54.1 Å². The predicted molar refractivity (Wildman–Crippen MR) is 89.3 cm³/mol. The van der Waals surface area contributed by atoms with E-state index in [0.29, 0.717) is 30.1 Å². The number of hydrogen-bond donors (Lipinski definition) is 1. The molecular weight excluding hydrogens is 322 g/mol. The molecule has 7 nitrogen and oxygen atoms in total. The zero-order valence-corrected chi connectivity index (χ0v) is 13.9. The summed E-state index contributed by atoms with van der Waals surface area (Å²) in [6.45, 7) is 2.34. The highest BCUT2D eigenvalue weighted by Gasteiger charge is 2.45. The number of carbonyl (C=O) groups excluding carboxylic acids is 1. The Hall–Kier alpha value is -2.96. The molecule has 2 aromatic rings. The Labute approximate surface area is 145 Å². The van der Waals surface area contributed by atoms with Gasteiger partial charge < -0.3 is 14.7 Å². The maximum Gasteiger partial charge on any atom is 0.348 e. The number of piperidine rings is 1. The van der Waals surface area contributed by atoms with Crippen molar-refractivity contribution in [2.24, 2.45) is 0 Å². The van der Waals surface area contributed by atoms with Gasteiger partial charge in [-0.15, -0.1) is 0 Å². The molecule has 130 valence electrons. The summed E-state index contributed by atoms with van der Waals surface area (Å²) in [4.78, 5) is 34.0. The fourth-order valence-electron chi connectivity index (χ4n) is 2.92. The van der Waals surface area contributed by atoms with Gasteiger partial charge >= 0.3 is 5.97 Å². The Morgan fingerprint density at radius 3 is 2.48 bits per heavy atom. The number of rotatable bonds is 4. The van der Waals surface area contributed by atoms with Gasteiger partial charge in [-0.25, -0.2) is 14.8 Å². The number of aromatic nitrogens is 2. The largest absolute Gasteiger partial charge is 0.478 e. The molecule has 0 aliphatic carbocycles. The van der Waals surface area contributed by atoms with E-state index in [1.54, 1.807) is 36.1 Å². The van der Waals surface area contributed by atoms with E-state index in [0.717, 1.165) is 0 Å². The second-order valence-electron chi connectivity index (χ2n) is 6.03. The molecule has 0 atom stereocenters. The Kier molecular flexibility index (Phi) is 4.65. The summed E-state index contributed by atoms with van der Waals surface area (Å²) in [7, 11) is 0. The Morgan fingerprint density at radius 2 is 1.88 bits per heavy atom. The molecule has 0 radical (unpaired) electrons. The van der Waals surface area contributed by atoms with Crippen molar-refractivity contribution in [3.8, 4) is 5.75 Å². The molecule has 2 heterocycles. The summed E-state index contributed by atoms with van der Waals surface area (Å²) in [6.07, 6.45) is 3.32. The molecule has 1 saturated heterocycles. The quantitative estimate of drug-likeness (QED) is 0.913. The monoisotopic (exact) mass is 341 g/mol. The fourth-order valence-corrected chi connectivity index (χ4v) is 2.92. The van der Waals surface area contributed by atoms with Gasteiger partial charge in [-0.2, -0.15) is 0 Å². The topological polar surface area (TPSA) is 92.6 Å². The summed E-state index contributed by atoms with van der Waals surface area (Å²) in [5.74, 6) is -0.684. The maximum absolute atomic E-state index is 12.6. The van der Waals surface area contributed by atoms with Crippen LogP contribution in [0.4, 0.5) is 0 Å². The summed E-state index contributed by atoms with van der Waals surface area (Å²) in [5, 5.41) is 9.69. The van der Waals surface area contributed by atoms with Crippen LogP contribution in [-0.2, 0) is 4.79 Å². The van der Waals surface area contributed by atoms with Crippen LogP contribution in [0.3, 0.4) is 0 Å². The van der Waals surface area contributed by atoms with Crippen LogP contribution in [0.15, 0.2) is 42.9 Å². The minimum atomic E-state index is -1.32. The molecule has 3 rings (SSSR count). The molecule has 1 N–H and O–H groups in total. The average molecular weight is 341 g/mol. The first-order valence-corrected chi connectivity index (χ1v) is 8.05. The normalized spacial score (nSPS) is 16.3. The third-order valence-corrected chi connectivity index (χ3v) is 4.45. The number of amides is 1. The summed E-state index contributed by atoms with van der Waals surface area (Å²) >= 11 is 0. The predicted octanol–water partition coefficient (Wildman–Crippen LogP) is 1.92. The van der Waals surface area contributed by atoms with E-state index in [9.17, 15) is 14.7 Å². The molecule has 25 heavy (non-hydrogen) atoms. The van der Waals surface area contributed by atoms with E-state index in [1.165, 1.54) is 12.5 Å². The molecule has 0 unspecified atom stereocenters. The Bertz CT molecular complexity index is 771. The van der Waals surface area contributed by atoms with Gasteiger partial charge in [0.25, 0.3) is 5.91 Å². The van der Waals surface area contributed by atoms with Crippen LogP contribution in [0.25, 0.3) is 0 Å².